The number of hydrogen-bond acceptors (Lipinski definition) is 4. The minimum Gasteiger partial charge on any atom is -0.378 e. The summed E-state index contributed by atoms with van der Waals surface area (Å²) in [6, 6.07) is 0. The Balaban J connectivity index is 2.24. The van der Waals surface area contributed by atoms with Gasteiger partial charge in [0.05, 0.1) is 13.2 Å². The first kappa shape index (κ1) is 12.4. The van der Waals surface area contributed by atoms with Gasteiger partial charge in [0.25, 0.3) is 5.91 Å². The van der Waals surface area contributed by atoms with E-state index < -0.39 is 0 Å². The number of ether oxygens (including phenoxy) is 2. The summed E-state index contributed by atoms with van der Waals surface area (Å²) >= 11 is 0. The Kier molecular flexibility index (Phi) is 5.60. The third-order valence-corrected chi connectivity index (χ3v) is 2.39. The van der Waals surface area contributed by atoms with Gasteiger partial charge in [0.15, 0.2) is 0 Å². The van der Waals surface area contributed by atoms with Crippen LogP contribution in [0.25, 0.3) is 0 Å². The average Bonchev–Trinajstić information content (AvgIpc) is 2.29. The van der Waals surface area contributed by atoms with Crippen molar-refractivity contribution in [1.82, 2.24) is 4.90 Å². The summed E-state index contributed by atoms with van der Waals surface area (Å²) in [7, 11) is 0. The minimum atomic E-state index is -0.366. The van der Waals surface area contributed by atoms with Crippen molar-refractivity contribution in [2.75, 3.05) is 39.5 Å². The maximum absolute atomic E-state index is 11.8. The molecule has 88 valence electrons. The van der Waals surface area contributed by atoms with Gasteiger partial charge in [-0.15, -0.1) is 0 Å². The largest absolute Gasteiger partial charge is 0.378 e. The predicted octanol–water partition coefficient (Wildman–Crippen LogP) is -0.401. The molecule has 5 heteroatoms. The van der Waals surface area contributed by atoms with E-state index in [0.717, 1.165) is 6.42 Å². The molecule has 2 N–H and O–H groups in total. The molecule has 0 bridgehead atoms. The standard InChI is InChI=1S/C10H20N2O3/c1-9(15-6-2-3-11)10(13)12-4-7-14-8-5-12/h9H,2-8,11H2,1H3. The van der Waals surface area contributed by atoms with Crippen molar-refractivity contribution < 1.29 is 14.3 Å². The van der Waals surface area contributed by atoms with Crippen molar-refractivity contribution in [2.24, 2.45) is 5.73 Å². The smallest absolute Gasteiger partial charge is 0.251 e. The Bertz CT molecular complexity index is 193. The van der Waals surface area contributed by atoms with Crippen LogP contribution in [0, 0.1) is 0 Å². The normalized spacial score (nSPS) is 18.9. The van der Waals surface area contributed by atoms with Gasteiger partial charge < -0.3 is 20.1 Å². The summed E-state index contributed by atoms with van der Waals surface area (Å²) in [4.78, 5) is 13.6. The van der Waals surface area contributed by atoms with Gasteiger partial charge >= 0.3 is 0 Å². The minimum absolute atomic E-state index is 0.0512. The maximum atomic E-state index is 11.8. The van der Waals surface area contributed by atoms with Crippen molar-refractivity contribution >= 4 is 5.91 Å². The van der Waals surface area contributed by atoms with Crippen LogP contribution in [0.4, 0.5) is 0 Å². The number of rotatable bonds is 5. The van der Waals surface area contributed by atoms with Crippen LogP contribution in [0.3, 0.4) is 0 Å². The van der Waals surface area contributed by atoms with Gasteiger partial charge in [-0.2, -0.15) is 0 Å². The summed E-state index contributed by atoms with van der Waals surface area (Å²) in [6.07, 6.45) is 0.426. The van der Waals surface area contributed by atoms with Gasteiger partial charge in [-0.3, -0.25) is 4.79 Å². The average molecular weight is 216 g/mol. The van der Waals surface area contributed by atoms with Crippen LogP contribution in [0.15, 0.2) is 0 Å². The van der Waals surface area contributed by atoms with Gasteiger partial charge in [0, 0.05) is 19.7 Å². The molecule has 0 aromatic carbocycles. The van der Waals surface area contributed by atoms with E-state index in [9.17, 15) is 4.79 Å². The Morgan fingerprint density at radius 1 is 1.53 bits per heavy atom. The van der Waals surface area contributed by atoms with E-state index >= 15 is 0 Å². The fraction of sp³-hybridized carbons (Fsp3) is 0.900. The Labute approximate surface area is 90.5 Å². The van der Waals surface area contributed by atoms with Gasteiger partial charge in [0.2, 0.25) is 0 Å². The lowest BCUT2D eigenvalue weighted by Gasteiger charge is -2.29. The van der Waals surface area contributed by atoms with Crippen LogP contribution < -0.4 is 5.73 Å². The van der Waals surface area contributed by atoms with Crippen LogP contribution >= 0.6 is 0 Å². The number of amides is 1. The number of hydrogen-bond donors (Lipinski definition) is 1. The van der Waals surface area contributed by atoms with E-state index in [1.165, 1.54) is 0 Å². The second kappa shape index (κ2) is 6.76. The van der Waals surface area contributed by atoms with E-state index in [-0.39, 0.29) is 12.0 Å². The van der Waals surface area contributed by atoms with Crippen LogP contribution in [0.5, 0.6) is 0 Å². The molecule has 1 rings (SSSR count). The Morgan fingerprint density at radius 2 is 2.20 bits per heavy atom. The van der Waals surface area contributed by atoms with Gasteiger partial charge in [-0.25, -0.2) is 0 Å². The highest BCUT2D eigenvalue weighted by Crippen LogP contribution is 2.03. The molecule has 1 amide bonds. The van der Waals surface area contributed by atoms with Crippen molar-refractivity contribution in [1.29, 1.82) is 0 Å². The molecule has 1 atom stereocenters. The highest BCUT2D eigenvalue weighted by Gasteiger charge is 2.22. The topological polar surface area (TPSA) is 64.8 Å². The van der Waals surface area contributed by atoms with Gasteiger partial charge in [0.1, 0.15) is 6.10 Å². The molecule has 0 saturated carbocycles. The van der Waals surface area contributed by atoms with E-state index in [0.29, 0.717) is 39.5 Å². The Hall–Kier alpha value is -0.650. The number of carbonyl (C=O) groups excluding carboxylic acids is 1. The molecule has 1 unspecified atom stereocenters. The second-order valence-electron chi connectivity index (χ2n) is 3.59. The quantitative estimate of drug-likeness (QED) is 0.635. The van der Waals surface area contributed by atoms with Crippen LogP contribution in [0.2, 0.25) is 0 Å². The third-order valence-electron chi connectivity index (χ3n) is 2.39. The number of nitrogens with zero attached hydrogens (tertiary/aromatic N) is 1. The van der Waals surface area contributed by atoms with E-state index in [2.05, 4.69) is 0 Å². The second-order valence-corrected chi connectivity index (χ2v) is 3.59. The Morgan fingerprint density at radius 3 is 2.80 bits per heavy atom. The molecule has 1 fully saturated rings. The van der Waals surface area contributed by atoms with E-state index in [1.54, 1.807) is 11.8 Å². The zero-order valence-corrected chi connectivity index (χ0v) is 9.28. The number of morpholine rings is 1. The molecule has 0 aromatic rings. The molecule has 1 aliphatic rings. The molecular formula is C10H20N2O3. The fourth-order valence-electron chi connectivity index (χ4n) is 1.46. The molecule has 1 heterocycles. The summed E-state index contributed by atoms with van der Waals surface area (Å²) in [5.74, 6) is 0.0512. The lowest BCUT2D eigenvalue weighted by molar-refractivity contribution is -0.146. The SMILES string of the molecule is CC(OCCCN)C(=O)N1CCOCC1. The van der Waals surface area contributed by atoms with Crippen LogP contribution in [-0.2, 0) is 14.3 Å². The molecule has 15 heavy (non-hydrogen) atoms. The maximum Gasteiger partial charge on any atom is 0.251 e. The number of nitrogens with two attached hydrogens (primary N) is 1. The molecule has 0 radical (unpaired) electrons. The monoisotopic (exact) mass is 216 g/mol. The molecular weight excluding hydrogens is 196 g/mol. The molecule has 1 saturated heterocycles. The van der Waals surface area contributed by atoms with Crippen molar-refractivity contribution in [3.05, 3.63) is 0 Å². The molecule has 0 spiro atoms. The molecule has 1 aliphatic heterocycles. The first-order valence-corrected chi connectivity index (χ1v) is 5.44. The summed E-state index contributed by atoms with van der Waals surface area (Å²) in [5, 5.41) is 0. The van der Waals surface area contributed by atoms with Crippen LogP contribution in [-0.4, -0.2) is 56.4 Å². The van der Waals surface area contributed by atoms with Gasteiger partial charge in [-0.05, 0) is 19.9 Å². The van der Waals surface area contributed by atoms with Crippen molar-refractivity contribution in [2.45, 2.75) is 19.4 Å². The first-order valence-electron chi connectivity index (χ1n) is 5.44. The zero-order chi connectivity index (χ0) is 11.1. The zero-order valence-electron chi connectivity index (χ0n) is 9.28. The van der Waals surface area contributed by atoms with Crippen molar-refractivity contribution in [3.63, 3.8) is 0 Å². The number of carbonyl (C=O) groups is 1. The van der Waals surface area contributed by atoms with Crippen LogP contribution in [0.1, 0.15) is 13.3 Å². The van der Waals surface area contributed by atoms with E-state index in [4.69, 9.17) is 15.2 Å². The molecule has 5 nitrogen and oxygen atoms in total. The summed E-state index contributed by atoms with van der Waals surface area (Å²) in [6.45, 7) is 5.52. The molecule has 0 aliphatic carbocycles. The molecule has 0 aromatic heterocycles. The van der Waals surface area contributed by atoms with Crippen molar-refractivity contribution in [3.8, 4) is 0 Å². The highest BCUT2D eigenvalue weighted by atomic mass is 16.5. The first-order chi connectivity index (χ1) is 7.25. The van der Waals surface area contributed by atoms with E-state index in [1.807, 2.05) is 0 Å². The lowest BCUT2D eigenvalue weighted by atomic mass is 10.3. The van der Waals surface area contributed by atoms with Gasteiger partial charge in [-0.1, -0.05) is 0 Å². The summed E-state index contributed by atoms with van der Waals surface area (Å²) in [5.41, 5.74) is 5.34. The lowest BCUT2D eigenvalue weighted by Crippen LogP contribution is -2.45. The summed E-state index contributed by atoms with van der Waals surface area (Å²) < 4.78 is 10.6. The fourth-order valence-corrected chi connectivity index (χ4v) is 1.46. The predicted molar refractivity (Wildman–Crippen MR) is 56.5 cm³/mol. The highest BCUT2D eigenvalue weighted by molar-refractivity contribution is 5.80. The third kappa shape index (κ3) is 4.15.